The van der Waals surface area contributed by atoms with Gasteiger partial charge >= 0.3 is 0 Å². The molecule has 1 amide bonds. The summed E-state index contributed by atoms with van der Waals surface area (Å²) in [5.41, 5.74) is 5.68. The van der Waals surface area contributed by atoms with Crippen LogP contribution in [0.25, 0.3) is 0 Å². The van der Waals surface area contributed by atoms with Gasteiger partial charge in [0.1, 0.15) is 0 Å². The lowest BCUT2D eigenvalue weighted by Crippen LogP contribution is -2.39. The number of carbonyl (C=O) groups is 1. The maximum Gasteiger partial charge on any atom is 0.225 e. The zero-order valence-electron chi connectivity index (χ0n) is 13.6. The van der Waals surface area contributed by atoms with Crippen molar-refractivity contribution in [2.75, 3.05) is 19.6 Å². The van der Waals surface area contributed by atoms with Crippen LogP contribution in [0.1, 0.15) is 71.6 Å². The predicted molar refractivity (Wildman–Crippen MR) is 85.5 cm³/mol. The largest absolute Gasteiger partial charge is 0.342 e. The summed E-state index contributed by atoms with van der Waals surface area (Å²) >= 11 is 0. The van der Waals surface area contributed by atoms with E-state index in [1.165, 1.54) is 12.8 Å². The summed E-state index contributed by atoms with van der Waals surface area (Å²) < 4.78 is 0. The molecule has 0 aromatic rings. The van der Waals surface area contributed by atoms with Gasteiger partial charge < -0.3 is 10.6 Å². The Morgan fingerprint density at radius 2 is 1.80 bits per heavy atom. The van der Waals surface area contributed by atoms with Crippen molar-refractivity contribution in [1.29, 1.82) is 0 Å². The summed E-state index contributed by atoms with van der Waals surface area (Å²) in [6.45, 7) is 7.06. The van der Waals surface area contributed by atoms with Gasteiger partial charge in [-0.2, -0.15) is 0 Å². The van der Waals surface area contributed by atoms with Crippen LogP contribution in [0.15, 0.2) is 0 Å². The van der Waals surface area contributed by atoms with Crippen molar-refractivity contribution in [3.05, 3.63) is 0 Å². The molecule has 0 saturated heterocycles. The molecule has 0 radical (unpaired) electrons. The monoisotopic (exact) mass is 282 g/mol. The van der Waals surface area contributed by atoms with E-state index < -0.39 is 0 Å². The first kappa shape index (κ1) is 17.5. The SMILES string of the molecule is CCCCN(CCCC)C(=O)C1CCCC(CCN)C1. The lowest BCUT2D eigenvalue weighted by Gasteiger charge is -2.32. The normalized spacial score (nSPS) is 22.8. The Labute approximate surface area is 125 Å². The van der Waals surface area contributed by atoms with E-state index in [1.54, 1.807) is 0 Å². The van der Waals surface area contributed by atoms with Crippen LogP contribution in [0.5, 0.6) is 0 Å². The van der Waals surface area contributed by atoms with E-state index in [1.807, 2.05) is 0 Å². The third-order valence-corrected chi connectivity index (χ3v) is 4.58. The van der Waals surface area contributed by atoms with Crippen molar-refractivity contribution in [1.82, 2.24) is 4.90 Å². The maximum atomic E-state index is 12.8. The molecule has 3 nitrogen and oxygen atoms in total. The van der Waals surface area contributed by atoms with E-state index in [0.29, 0.717) is 11.8 Å². The van der Waals surface area contributed by atoms with E-state index in [-0.39, 0.29) is 5.92 Å². The fourth-order valence-electron chi connectivity index (χ4n) is 3.30. The lowest BCUT2D eigenvalue weighted by molar-refractivity contribution is -0.137. The fraction of sp³-hybridized carbons (Fsp3) is 0.941. The molecule has 0 heterocycles. The van der Waals surface area contributed by atoms with E-state index in [0.717, 1.165) is 64.6 Å². The van der Waals surface area contributed by atoms with Crippen LogP contribution < -0.4 is 5.73 Å². The number of amides is 1. The highest BCUT2D eigenvalue weighted by Crippen LogP contribution is 2.32. The van der Waals surface area contributed by atoms with E-state index in [9.17, 15) is 4.79 Å². The molecule has 0 spiro atoms. The minimum absolute atomic E-state index is 0.272. The molecule has 1 aliphatic carbocycles. The van der Waals surface area contributed by atoms with Crippen LogP contribution in [-0.2, 0) is 4.79 Å². The van der Waals surface area contributed by atoms with Crippen LogP contribution in [0.3, 0.4) is 0 Å². The topological polar surface area (TPSA) is 46.3 Å². The molecule has 2 N–H and O–H groups in total. The van der Waals surface area contributed by atoms with Crippen LogP contribution in [0.4, 0.5) is 0 Å². The molecule has 1 aliphatic rings. The van der Waals surface area contributed by atoms with Crippen LogP contribution in [-0.4, -0.2) is 30.4 Å². The summed E-state index contributed by atoms with van der Waals surface area (Å²) in [5, 5.41) is 0. The lowest BCUT2D eigenvalue weighted by atomic mass is 9.79. The first-order valence-corrected chi connectivity index (χ1v) is 8.71. The number of nitrogens with zero attached hydrogens (tertiary/aromatic N) is 1. The molecule has 20 heavy (non-hydrogen) atoms. The third-order valence-electron chi connectivity index (χ3n) is 4.58. The standard InChI is InChI=1S/C17H34N2O/c1-3-5-12-19(13-6-4-2)17(20)16-9-7-8-15(14-16)10-11-18/h15-16H,3-14,18H2,1-2H3. The summed E-state index contributed by atoms with van der Waals surface area (Å²) in [7, 11) is 0. The van der Waals surface area contributed by atoms with E-state index in [2.05, 4.69) is 18.7 Å². The highest BCUT2D eigenvalue weighted by atomic mass is 16.2. The van der Waals surface area contributed by atoms with Gasteiger partial charge in [-0.25, -0.2) is 0 Å². The van der Waals surface area contributed by atoms with Gasteiger partial charge in [0.15, 0.2) is 0 Å². The zero-order valence-corrected chi connectivity index (χ0v) is 13.6. The average molecular weight is 282 g/mol. The third kappa shape index (κ3) is 5.82. The van der Waals surface area contributed by atoms with Gasteiger partial charge in [-0.05, 0) is 44.6 Å². The summed E-state index contributed by atoms with van der Waals surface area (Å²) in [5.74, 6) is 1.38. The molecule has 0 aromatic heterocycles. The van der Waals surface area contributed by atoms with Crippen molar-refractivity contribution in [3.63, 3.8) is 0 Å². The van der Waals surface area contributed by atoms with E-state index >= 15 is 0 Å². The van der Waals surface area contributed by atoms with E-state index in [4.69, 9.17) is 5.73 Å². The van der Waals surface area contributed by atoms with Crippen LogP contribution in [0.2, 0.25) is 0 Å². The van der Waals surface area contributed by atoms with Crippen LogP contribution in [0, 0.1) is 11.8 Å². The molecule has 2 unspecified atom stereocenters. The van der Waals surface area contributed by atoms with Gasteiger partial charge in [-0.15, -0.1) is 0 Å². The fourth-order valence-corrected chi connectivity index (χ4v) is 3.30. The first-order chi connectivity index (χ1) is 9.72. The zero-order chi connectivity index (χ0) is 14.8. The molecule has 1 saturated carbocycles. The smallest absolute Gasteiger partial charge is 0.225 e. The maximum absolute atomic E-state index is 12.8. The number of carbonyl (C=O) groups excluding carboxylic acids is 1. The molecular weight excluding hydrogens is 248 g/mol. The van der Waals surface area contributed by atoms with Gasteiger partial charge in [-0.1, -0.05) is 39.5 Å². The Bertz CT molecular complexity index is 258. The Morgan fingerprint density at radius 1 is 1.15 bits per heavy atom. The Hall–Kier alpha value is -0.570. The molecule has 118 valence electrons. The predicted octanol–water partition coefficient (Wildman–Crippen LogP) is 3.57. The Kier molecular flexibility index (Phi) is 8.92. The minimum atomic E-state index is 0.272. The van der Waals surface area contributed by atoms with Gasteiger partial charge in [0.2, 0.25) is 5.91 Å². The molecule has 1 rings (SSSR count). The number of unbranched alkanes of at least 4 members (excludes halogenated alkanes) is 2. The molecule has 0 aliphatic heterocycles. The highest BCUT2D eigenvalue weighted by molar-refractivity contribution is 5.79. The molecular formula is C17H34N2O. The summed E-state index contributed by atoms with van der Waals surface area (Å²) in [6.07, 6.45) is 10.3. The number of nitrogens with two attached hydrogens (primary N) is 1. The first-order valence-electron chi connectivity index (χ1n) is 8.71. The number of hydrogen-bond acceptors (Lipinski definition) is 2. The quantitative estimate of drug-likeness (QED) is 0.702. The van der Waals surface area contributed by atoms with Crippen molar-refractivity contribution in [2.45, 2.75) is 71.6 Å². The number of rotatable bonds is 9. The second-order valence-corrected chi connectivity index (χ2v) is 6.34. The Morgan fingerprint density at radius 3 is 2.35 bits per heavy atom. The highest BCUT2D eigenvalue weighted by Gasteiger charge is 2.29. The van der Waals surface area contributed by atoms with Crippen molar-refractivity contribution >= 4 is 5.91 Å². The molecule has 0 aromatic carbocycles. The number of hydrogen-bond donors (Lipinski definition) is 1. The van der Waals surface area contributed by atoms with Gasteiger partial charge in [-0.3, -0.25) is 4.79 Å². The van der Waals surface area contributed by atoms with Gasteiger partial charge in [0, 0.05) is 19.0 Å². The second kappa shape index (κ2) is 10.2. The Balaban J connectivity index is 2.52. The summed E-state index contributed by atoms with van der Waals surface area (Å²) in [4.78, 5) is 14.9. The van der Waals surface area contributed by atoms with Gasteiger partial charge in [0.25, 0.3) is 0 Å². The van der Waals surface area contributed by atoms with Crippen molar-refractivity contribution < 1.29 is 4.79 Å². The van der Waals surface area contributed by atoms with Crippen molar-refractivity contribution in [3.8, 4) is 0 Å². The van der Waals surface area contributed by atoms with Crippen LogP contribution >= 0.6 is 0 Å². The minimum Gasteiger partial charge on any atom is -0.342 e. The molecule has 3 heteroatoms. The molecule has 2 atom stereocenters. The van der Waals surface area contributed by atoms with Crippen molar-refractivity contribution in [2.24, 2.45) is 17.6 Å². The molecule has 1 fully saturated rings. The second-order valence-electron chi connectivity index (χ2n) is 6.34. The average Bonchev–Trinajstić information content (AvgIpc) is 2.47. The summed E-state index contributed by atoms with van der Waals surface area (Å²) in [6, 6.07) is 0. The molecule has 0 bridgehead atoms. The van der Waals surface area contributed by atoms with Gasteiger partial charge in [0.05, 0.1) is 0 Å².